The Morgan fingerprint density at radius 2 is 1.75 bits per heavy atom. The lowest BCUT2D eigenvalue weighted by molar-refractivity contribution is -0.192. The summed E-state index contributed by atoms with van der Waals surface area (Å²) in [7, 11) is 0. The lowest BCUT2D eigenvalue weighted by atomic mass is 10.3. The van der Waals surface area contributed by atoms with Crippen molar-refractivity contribution in [2.24, 2.45) is 0 Å². The first-order valence-corrected chi connectivity index (χ1v) is 6.07. The number of hydrogen-bond acceptors (Lipinski definition) is 3. The smallest absolute Gasteiger partial charge is 0.414 e. The van der Waals surface area contributed by atoms with E-state index in [9.17, 15) is 18.0 Å². The molecule has 0 unspecified atom stereocenters. The second-order valence-electron chi connectivity index (χ2n) is 3.41. The molecule has 0 bridgehead atoms. The third kappa shape index (κ3) is 6.04. The fraction of sp³-hybridized carbons (Fsp3) is 0.300. The number of carbonyl (C=O) groups is 1. The van der Waals surface area contributed by atoms with E-state index in [0.717, 1.165) is 0 Å². The highest BCUT2D eigenvalue weighted by Gasteiger charge is 2.28. The van der Waals surface area contributed by atoms with Gasteiger partial charge in [0.1, 0.15) is 5.75 Å². The summed E-state index contributed by atoms with van der Waals surface area (Å²) in [6, 6.07) is 2.58. The largest absolute Gasteiger partial charge is 0.482 e. The first-order valence-electron chi connectivity index (χ1n) is 4.94. The van der Waals surface area contributed by atoms with Gasteiger partial charge in [0.05, 0.1) is 15.1 Å². The van der Waals surface area contributed by atoms with Gasteiger partial charge in [-0.1, -0.05) is 34.8 Å². The third-order valence-electron chi connectivity index (χ3n) is 1.76. The summed E-state index contributed by atoms with van der Waals surface area (Å²) in [6.45, 7) is -2.21. The molecule has 0 saturated heterocycles. The van der Waals surface area contributed by atoms with Crippen LogP contribution in [0.3, 0.4) is 0 Å². The van der Waals surface area contributed by atoms with Crippen molar-refractivity contribution < 1.29 is 27.5 Å². The highest BCUT2D eigenvalue weighted by atomic mass is 35.5. The molecule has 0 spiro atoms. The van der Waals surface area contributed by atoms with Crippen LogP contribution in [-0.2, 0) is 9.63 Å². The van der Waals surface area contributed by atoms with Gasteiger partial charge in [0, 0.05) is 6.07 Å². The van der Waals surface area contributed by atoms with Crippen molar-refractivity contribution >= 4 is 40.7 Å². The molecule has 0 saturated carbocycles. The Morgan fingerprint density at radius 1 is 1.15 bits per heavy atom. The molecule has 0 aliphatic heterocycles. The molecule has 0 fully saturated rings. The number of hydrogen-bond donors (Lipinski definition) is 1. The molecule has 0 aromatic heterocycles. The average molecular weight is 353 g/mol. The molecule has 1 amide bonds. The van der Waals surface area contributed by atoms with Crippen LogP contribution in [0.25, 0.3) is 0 Å². The zero-order valence-electron chi connectivity index (χ0n) is 9.56. The molecule has 0 aliphatic rings. The minimum Gasteiger partial charge on any atom is -0.482 e. The lowest BCUT2D eigenvalue weighted by Gasteiger charge is -2.10. The van der Waals surface area contributed by atoms with Gasteiger partial charge in [-0.3, -0.25) is 9.63 Å². The van der Waals surface area contributed by atoms with Crippen LogP contribution in [0.2, 0.25) is 15.1 Å². The third-order valence-corrected chi connectivity index (χ3v) is 2.77. The maximum absolute atomic E-state index is 11.7. The molecule has 20 heavy (non-hydrogen) atoms. The maximum atomic E-state index is 11.7. The normalized spacial score (nSPS) is 11.3. The number of carbonyl (C=O) groups excluding carboxylic acids is 1. The quantitative estimate of drug-likeness (QED) is 0.650. The predicted molar refractivity (Wildman–Crippen MR) is 67.1 cm³/mol. The Morgan fingerprint density at radius 3 is 2.35 bits per heavy atom. The summed E-state index contributed by atoms with van der Waals surface area (Å²) < 4.78 is 40.2. The number of rotatable bonds is 5. The van der Waals surface area contributed by atoms with Crippen molar-refractivity contribution in [1.82, 2.24) is 5.48 Å². The van der Waals surface area contributed by atoms with Gasteiger partial charge in [0.25, 0.3) is 5.91 Å². The van der Waals surface area contributed by atoms with Crippen molar-refractivity contribution in [3.8, 4) is 5.75 Å². The van der Waals surface area contributed by atoms with E-state index in [1.165, 1.54) is 12.1 Å². The molecule has 112 valence electrons. The lowest BCUT2D eigenvalue weighted by Crippen LogP contribution is -2.32. The van der Waals surface area contributed by atoms with E-state index in [4.69, 9.17) is 39.5 Å². The van der Waals surface area contributed by atoms with Crippen molar-refractivity contribution in [2.75, 3.05) is 13.2 Å². The number of alkyl halides is 3. The van der Waals surface area contributed by atoms with Crippen LogP contribution in [0, 0.1) is 0 Å². The second-order valence-corrected chi connectivity index (χ2v) is 4.64. The van der Waals surface area contributed by atoms with Crippen molar-refractivity contribution in [3.63, 3.8) is 0 Å². The summed E-state index contributed by atoms with van der Waals surface area (Å²) in [6.07, 6.45) is -4.54. The highest BCUT2D eigenvalue weighted by molar-refractivity contribution is 6.43. The molecule has 0 aliphatic carbocycles. The van der Waals surface area contributed by atoms with Gasteiger partial charge in [-0.05, 0) is 6.07 Å². The molecular formula is C10H7Cl3F3NO3. The standard InChI is InChI=1S/C10H7Cl3F3NO3/c11-5-1-7(13)8(2-6(5)12)19-3-9(18)17-20-4-10(14,15)16/h1-2H,3-4H2,(H,17,18). The summed E-state index contributed by atoms with van der Waals surface area (Å²) >= 11 is 17.2. The van der Waals surface area contributed by atoms with Crippen LogP contribution in [0.15, 0.2) is 12.1 Å². The number of hydroxylamine groups is 1. The minimum atomic E-state index is -4.54. The van der Waals surface area contributed by atoms with Crippen molar-refractivity contribution in [1.29, 1.82) is 0 Å². The summed E-state index contributed by atoms with van der Waals surface area (Å²) in [5.41, 5.74) is 1.57. The average Bonchev–Trinajstić information content (AvgIpc) is 2.30. The van der Waals surface area contributed by atoms with Gasteiger partial charge in [-0.2, -0.15) is 13.2 Å². The molecule has 0 radical (unpaired) electrons. The molecule has 10 heteroatoms. The van der Waals surface area contributed by atoms with Gasteiger partial charge >= 0.3 is 6.18 Å². The van der Waals surface area contributed by atoms with Crippen molar-refractivity contribution in [3.05, 3.63) is 27.2 Å². The van der Waals surface area contributed by atoms with Gasteiger partial charge in [0.15, 0.2) is 13.2 Å². The molecule has 1 rings (SSSR count). The molecule has 0 atom stereocenters. The topological polar surface area (TPSA) is 47.6 Å². The van der Waals surface area contributed by atoms with E-state index in [1.54, 1.807) is 5.48 Å². The number of halogens is 6. The van der Waals surface area contributed by atoms with Gasteiger partial charge < -0.3 is 4.74 Å². The second kappa shape index (κ2) is 7.21. The zero-order valence-corrected chi connectivity index (χ0v) is 11.8. The Bertz CT molecular complexity index is 497. The molecule has 0 heterocycles. The Kier molecular flexibility index (Phi) is 6.19. The first kappa shape index (κ1) is 17.2. The van der Waals surface area contributed by atoms with Crippen LogP contribution < -0.4 is 10.2 Å². The molecular weight excluding hydrogens is 345 g/mol. The van der Waals surface area contributed by atoms with E-state index < -0.39 is 25.3 Å². The number of benzene rings is 1. The number of ether oxygens (including phenoxy) is 1. The van der Waals surface area contributed by atoms with Crippen LogP contribution in [0.1, 0.15) is 0 Å². The van der Waals surface area contributed by atoms with Gasteiger partial charge in [0.2, 0.25) is 0 Å². The van der Waals surface area contributed by atoms with Crippen LogP contribution >= 0.6 is 34.8 Å². The van der Waals surface area contributed by atoms with Crippen LogP contribution in [-0.4, -0.2) is 25.3 Å². The number of amides is 1. The van der Waals surface area contributed by atoms with E-state index in [-0.39, 0.29) is 20.8 Å². The first-order chi connectivity index (χ1) is 9.19. The van der Waals surface area contributed by atoms with Crippen molar-refractivity contribution in [2.45, 2.75) is 6.18 Å². The monoisotopic (exact) mass is 351 g/mol. The highest BCUT2D eigenvalue weighted by Crippen LogP contribution is 2.33. The number of nitrogens with one attached hydrogen (secondary N) is 1. The van der Waals surface area contributed by atoms with E-state index in [0.29, 0.717) is 0 Å². The molecule has 1 aromatic carbocycles. The Labute approximate surface area is 126 Å². The molecule has 1 N–H and O–H groups in total. The SMILES string of the molecule is O=C(COc1cc(Cl)c(Cl)cc1Cl)NOCC(F)(F)F. The molecule has 4 nitrogen and oxygen atoms in total. The van der Waals surface area contributed by atoms with E-state index >= 15 is 0 Å². The maximum Gasteiger partial charge on any atom is 0.414 e. The van der Waals surface area contributed by atoms with Gasteiger partial charge in [-0.15, -0.1) is 0 Å². The van der Waals surface area contributed by atoms with Gasteiger partial charge in [-0.25, -0.2) is 5.48 Å². The zero-order chi connectivity index (χ0) is 15.3. The van der Waals surface area contributed by atoms with E-state index in [2.05, 4.69) is 4.84 Å². The fourth-order valence-electron chi connectivity index (χ4n) is 0.986. The predicted octanol–water partition coefficient (Wildman–Crippen LogP) is 3.64. The summed E-state index contributed by atoms with van der Waals surface area (Å²) in [5, 5.41) is 0.449. The fourth-order valence-corrected chi connectivity index (χ4v) is 1.58. The van der Waals surface area contributed by atoms with Crippen LogP contribution in [0.4, 0.5) is 13.2 Å². The summed E-state index contributed by atoms with van der Waals surface area (Å²) in [5.74, 6) is -0.858. The van der Waals surface area contributed by atoms with E-state index in [1.807, 2.05) is 0 Å². The van der Waals surface area contributed by atoms with Crippen LogP contribution in [0.5, 0.6) is 5.75 Å². The Balaban J connectivity index is 2.43. The summed E-state index contributed by atoms with van der Waals surface area (Å²) in [4.78, 5) is 15.1. The Hall–Kier alpha value is -0.890. The minimum absolute atomic E-state index is 0.0621. The molecule has 1 aromatic rings.